The second-order valence-corrected chi connectivity index (χ2v) is 18.2. The van der Waals surface area contributed by atoms with Crippen LogP contribution in [0.4, 0.5) is 0 Å². The van der Waals surface area contributed by atoms with Gasteiger partial charge in [0.15, 0.2) is 12.6 Å². The van der Waals surface area contributed by atoms with Gasteiger partial charge in [-0.25, -0.2) is 0 Å². The van der Waals surface area contributed by atoms with Crippen molar-refractivity contribution in [3.05, 3.63) is 0 Å². The first-order valence-corrected chi connectivity index (χ1v) is 20.9. The molecule has 3 aliphatic rings. The van der Waals surface area contributed by atoms with Crippen LogP contribution in [-0.2, 0) is 33.2 Å². The van der Waals surface area contributed by atoms with Gasteiger partial charge in [-0.15, -0.1) is 0 Å². The van der Waals surface area contributed by atoms with Gasteiger partial charge in [-0.1, -0.05) is 27.7 Å². The number of aliphatic hydroxyl groups excluding tert-OH is 2. The van der Waals surface area contributed by atoms with Crippen LogP contribution in [0.3, 0.4) is 0 Å². The molecular formula is C41H79N3O12. The van der Waals surface area contributed by atoms with E-state index < -0.39 is 95.5 Å². The summed E-state index contributed by atoms with van der Waals surface area (Å²) in [4.78, 5) is 16.4. The van der Waals surface area contributed by atoms with E-state index in [9.17, 15) is 30.3 Å². The van der Waals surface area contributed by atoms with Crippen molar-refractivity contribution in [3.63, 3.8) is 0 Å². The van der Waals surface area contributed by atoms with Crippen LogP contribution < -0.4 is 10.6 Å². The summed E-state index contributed by atoms with van der Waals surface area (Å²) in [5.74, 6) is -2.67. The van der Waals surface area contributed by atoms with Crippen LogP contribution in [0.15, 0.2) is 0 Å². The molecule has 3 heterocycles. The number of hydrogen-bond acceptors (Lipinski definition) is 15. The Kier molecular flexibility index (Phi) is 17.6. The number of esters is 1. The minimum atomic E-state index is -1.81. The molecule has 15 nitrogen and oxygen atoms in total. The molecule has 7 N–H and O–H groups in total. The average molecular weight is 806 g/mol. The van der Waals surface area contributed by atoms with Gasteiger partial charge in [0, 0.05) is 38.1 Å². The Balaban J connectivity index is 2.16. The van der Waals surface area contributed by atoms with E-state index in [1.807, 2.05) is 53.6 Å². The van der Waals surface area contributed by atoms with Crippen LogP contribution in [0.25, 0.3) is 0 Å². The summed E-state index contributed by atoms with van der Waals surface area (Å²) < 4.78 is 38.4. The normalized spacial score (nSPS) is 45.2. The number of rotatable bonds is 13. The van der Waals surface area contributed by atoms with Crippen molar-refractivity contribution in [2.24, 2.45) is 17.8 Å². The molecule has 15 heteroatoms. The Bertz CT molecular complexity index is 1230. The number of nitrogens with zero attached hydrogens (tertiary/aromatic N) is 1. The van der Waals surface area contributed by atoms with Crippen LogP contribution >= 0.6 is 0 Å². The Morgan fingerprint density at radius 2 is 1.70 bits per heavy atom. The van der Waals surface area contributed by atoms with Crippen LogP contribution in [0.2, 0.25) is 0 Å². The number of aliphatic hydroxyl groups is 5. The predicted molar refractivity (Wildman–Crippen MR) is 212 cm³/mol. The minimum Gasteiger partial charge on any atom is -0.457 e. The second-order valence-electron chi connectivity index (χ2n) is 18.2. The average Bonchev–Trinajstić information content (AvgIpc) is 3.12. The molecule has 0 aromatic rings. The van der Waals surface area contributed by atoms with Crippen molar-refractivity contribution in [1.29, 1.82) is 0 Å². The number of hydrogen-bond donors (Lipinski definition) is 7. The van der Waals surface area contributed by atoms with Gasteiger partial charge in [0.2, 0.25) is 0 Å². The molecule has 0 saturated carbocycles. The van der Waals surface area contributed by atoms with Crippen molar-refractivity contribution in [1.82, 2.24) is 15.5 Å². The zero-order valence-corrected chi connectivity index (χ0v) is 36.8. The summed E-state index contributed by atoms with van der Waals surface area (Å²) in [7, 11) is 5.31. The quantitative estimate of drug-likeness (QED) is 0.105. The Morgan fingerprint density at radius 1 is 1.05 bits per heavy atom. The number of cyclic esters (lactones) is 1. The summed E-state index contributed by atoms with van der Waals surface area (Å²) in [6, 6.07) is -0.875. The van der Waals surface area contributed by atoms with Gasteiger partial charge in [-0.2, -0.15) is 0 Å². The third-order valence-corrected chi connectivity index (χ3v) is 13.0. The molecule has 0 spiro atoms. The van der Waals surface area contributed by atoms with Crippen molar-refractivity contribution in [3.8, 4) is 0 Å². The molecule has 0 aromatic carbocycles. The second kappa shape index (κ2) is 20.0. The third-order valence-electron chi connectivity index (χ3n) is 13.0. The smallest absolute Gasteiger partial charge is 0.311 e. The van der Waals surface area contributed by atoms with Gasteiger partial charge in [0.1, 0.15) is 29.0 Å². The number of methoxy groups -OCH3 is 1. The fourth-order valence-corrected chi connectivity index (χ4v) is 9.21. The number of ether oxygens (including phenoxy) is 6. The maximum atomic E-state index is 14.5. The van der Waals surface area contributed by atoms with Gasteiger partial charge < -0.3 is 69.5 Å². The van der Waals surface area contributed by atoms with Crippen LogP contribution in [-0.4, -0.2) is 167 Å². The maximum Gasteiger partial charge on any atom is 0.311 e. The molecule has 56 heavy (non-hydrogen) atoms. The van der Waals surface area contributed by atoms with Crippen LogP contribution in [0.5, 0.6) is 0 Å². The van der Waals surface area contributed by atoms with Crippen molar-refractivity contribution in [2.75, 3.05) is 40.8 Å². The lowest BCUT2D eigenvalue weighted by atomic mass is 9.75. The zero-order valence-electron chi connectivity index (χ0n) is 36.8. The van der Waals surface area contributed by atoms with Gasteiger partial charge >= 0.3 is 5.97 Å². The topological polar surface area (TPSA) is 201 Å². The Labute approximate surface area is 336 Å². The highest BCUT2D eigenvalue weighted by Gasteiger charge is 2.58. The first kappa shape index (κ1) is 49.3. The number of nitrogens with one attached hydrogen (secondary N) is 2. The maximum absolute atomic E-state index is 14.5. The van der Waals surface area contributed by atoms with Gasteiger partial charge in [-0.3, -0.25) is 4.79 Å². The fourth-order valence-electron chi connectivity index (χ4n) is 9.21. The van der Waals surface area contributed by atoms with Crippen molar-refractivity contribution >= 4 is 5.97 Å². The first-order chi connectivity index (χ1) is 25.9. The van der Waals surface area contributed by atoms with E-state index in [2.05, 4.69) is 10.6 Å². The van der Waals surface area contributed by atoms with Gasteiger partial charge in [0.25, 0.3) is 0 Å². The molecule has 3 aliphatic heterocycles. The molecule has 3 saturated heterocycles. The third kappa shape index (κ3) is 11.0. The molecule has 3 fully saturated rings. The van der Waals surface area contributed by atoms with Crippen LogP contribution in [0.1, 0.15) is 108 Å². The van der Waals surface area contributed by atoms with E-state index in [1.54, 1.807) is 34.6 Å². The molecule has 18 atom stereocenters. The van der Waals surface area contributed by atoms with E-state index in [4.69, 9.17) is 28.4 Å². The Morgan fingerprint density at radius 3 is 2.27 bits per heavy atom. The monoisotopic (exact) mass is 806 g/mol. The molecule has 0 radical (unpaired) electrons. The number of carbonyl (C=O) groups is 1. The van der Waals surface area contributed by atoms with Gasteiger partial charge in [0.05, 0.1) is 42.0 Å². The highest BCUT2D eigenvalue weighted by atomic mass is 16.7. The van der Waals surface area contributed by atoms with Gasteiger partial charge in [-0.05, 0) is 107 Å². The summed E-state index contributed by atoms with van der Waals surface area (Å²) in [5, 5.41) is 65.4. The molecule has 4 unspecified atom stereocenters. The number of carbonyl (C=O) groups excluding carboxylic acids is 1. The molecule has 0 amide bonds. The van der Waals surface area contributed by atoms with E-state index in [-0.39, 0.29) is 43.9 Å². The molecule has 0 aromatic heterocycles. The zero-order chi connectivity index (χ0) is 42.6. The summed E-state index contributed by atoms with van der Waals surface area (Å²) in [5.41, 5.74) is -5.93. The van der Waals surface area contributed by atoms with Crippen molar-refractivity contribution in [2.45, 2.75) is 198 Å². The largest absolute Gasteiger partial charge is 0.457 e. The lowest BCUT2D eigenvalue weighted by molar-refractivity contribution is -0.336. The molecular weight excluding hydrogens is 726 g/mol. The number of likely N-dealkylation sites (N-methyl/N-ethyl adjacent to an activating group) is 1. The highest BCUT2D eigenvalue weighted by Crippen LogP contribution is 2.43. The lowest BCUT2D eigenvalue weighted by Gasteiger charge is -2.53. The Hall–Kier alpha value is -1.05. The summed E-state index contributed by atoms with van der Waals surface area (Å²) >= 11 is 0. The van der Waals surface area contributed by atoms with Crippen molar-refractivity contribution < 1.29 is 58.7 Å². The molecule has 0 bridgehead atoms. The molecule has 0 aliphatic carbocycles. The van der Waals surface area contributed by atoms with Crippen LogP contribution in [0, 0.1) is 17.8 Å². The van der Waals surface area contributed by atoms with E-state index in [0.29, 0.717) is 19.5 Å². The fraction of sp³-hybridized carbons (Fsp3) is 0.976. The predicted octanol–water partition coefficient (Wildman–Crippen LogP) is 1.93. The molecule has 330 valence electrons. The summed E-state index contributed by atoms with van der Waals surface area (Å²) in [6.45, 7) is 20.9. The summed E-state index contributed by atoms with van der Waals surface area (Å²) in [6.07, 6.45) is -6.62. The first-order valence-electron chi connectivity index (χ1n) is 20.9. The minimum absolute atomic E-state index is 0.0928. The highest BCUT2D eigenvalue weighted by molar-refractivity contribution is 5.73. The standard InChI is InChI=1S/C41H79N3O12/c1-15-17-42-22-41(50)28(8)53-31(20-39(41,10)51-14)54-33-25(5)34(56-37-32(46)29(44(12)13)18-24(4)52-37)38(9,48)19-23(3)21-43-27(7)35(55-36(47)26(33)6)40(11,49)30(45)16-2/h23-35,37,42-43,45-46,48-50H,15-22H2,1-14H3/t23-,24-,25+,26-,27-,28+,29+,30-,31?,32-,33+,34-,35?,37?,38?,39-,40-,41+/m1/s1. The SMILES string of the molecule is CCCNC[C@]1(O)[C@H](C)OC(O[C@H]2[C@H](C)[C@@H](OC3O[C@H](C)C[C@H](N(C)C)[C@H]3O)C(C)(O)C[C@@H](C)CN[C@H](C)C([C@](C)(O)[C@H](O)CC)OC(=O)[C@@H]2C)C[C@@]1(C)OC. The lowest BCUT2D eigenvalue weighted by Crippen LogP contribution is -2.70. The van der Waals surface area contributed by atoms with E-state index >= 15 is 0 Å². The van der Waals surface area contributed by atoms with E-state index in [1.165, 1.54) is 14.0 Å². The van der Waals surface area contributed by atoms with E-state index in [0.717, 1.165) is 6.42 Å². The molecule has 3 rings (SSSR count).